The van der Waals surface area contributed by atoms with Gasteiger partial charge in [-0.25, -0.2) is 0 Å². The molecule has 0 fully saturated rings. The number of aromatic nitrogens is 1. The van der Waals surface area contributed by atoms with Crippen LogP contribution >= 0.6 is 11.3 Å². The Morgan fingerprint density at radius 1 is 1.00 bits per heavy atom. The molecule has 2 aromatic carbocycles. The van der Waals surface area contributed by atoms with E-state index in [2.05, 4.69) is 10.3 Å². The molecule has 1 aliphatic heterocycles. The maximum absolute atomic E-state index is 13.2. The van der Waals surface area contributed by atoms with Crippen molar-refractivity contribution in [1.29, 1.82) is 0 Å². The Morgan fingerprint density at radius 3 is 2.62 bits per heavy atom. The van der Waals surface area contributed by atoms with Crippen LogP contribution in [0.4, 0.5) is 0 Å². The highest BCUT2D eigenvalue weighted by atomic mass is 32.1. The van der Waals surface area contributed by atoms with E-state index in [1.54, 1.807) is 6.20 Å². The van der Waals surface area contributed by atoms with E-state index in [0.29, 0.717) is 11.5 Å². The minimum atomic E-state index is -0.312. The van der Waals surface area contributed by atoms with E-state index in [0.717, 1.165) is 33.0 Å². The molecule has 29 heavy (non-hydrogen) atoms. The van der Waals surface area contributed by atoms with E-state index >= 15 is 0 Å². The first-order valence-electron chi connectivity index (χ1n) is 9.41. The fourth-order valence-electron chi connectivity index (χ4n) is 3.53. The number of benzene rings is 2. The van der Waals surface area contributed by atoms with Crippen molar-refractivity contribution in [2.45, 2.75) is 12.6 Å². The minimum absolute atomic E-state index is 0.110. The fourth-order valence-corrected chi connectivity index (χ4v) is 4.63. The van der Waals surface area contributed by atoms with Gasteiger partial charge in [-0.05, 0) is 35.9 Å². The van der Waals surface area contributed by atoms with Gasteiger partial charge in [0, 0.05) is 22.2 Å². The largest absolute Gasteiger partial charge is 0.488 e. The molecule has 3 heterocycles. The number of pyridine rings is 1. The first kappa shape index (κ1) is 17.6. The molecule has 1 atom stereocenters. The molecule has 142 valence electrons. The van der Waals surface area contributed by atoms with E-state index in [9.17, 15) is 4.79 Å². The molecule has 2 aromatic heterocycles. The number of hydrogen-bond acceptors (Lipinski definition) is 4. The maximum atomic E-state index is 13.2. The van der Waals surface area contributed by atoms with Gasteiger partial charge in [-0.2, -0.15) is 0 Å². The number of amides is 1. The second-order valence-corrected chi connectivity index (χ2v) is 7.87. The van der Waals surface area contributed by atoms with Crippen molar-refractivity contribution >= 4 is 17.2 Å². The van der Waals surface area contributed by atoms with Crippen LogP contribution in [0.5, 0.6) is 5.75 Å². The lowest BCUT2D eigenvalue weighted by atomic mass is 10.0. The molecule has 0 spiro atoms. The van der Waals surface area contributed by atoms with Crippen LogP contribution in [0.2, 0.25) is 0 Å². The number of nitrogens with zero attached hydrogens (tertiary/aromatic N) is 1. The first-order chi connectivity index (χ1) is 14.3. The third kappa shape index (κ3) is 3.41. The van der Waals surface area contributed by atoms with Crippen LogP contribution in [-0.4, -0.2) is 10.9 Å². The quantitative estimate of drug-likeness (QED) is 0.513. The summed E-state index contributed by atoms with van der Waals surface area (Å²) in [7, 11) is 0. The van der Waals surface area contributed by atoms with Crippen LogP contribution in [0.25, 0.3) is 10.4 Å². The molecule has 1 amide bonds. The monoisotopic (exact) mass is 398 g/mol. The molecule has 0 bridgehead atoms. The van der Waals surface area contributed by atoms with Gasteiger partial charge in [-0.3, -0.25) is 9.78 Å². The number of carbonyl (C=O) groups excluding carboxylic acids is 1. The Hall–Kier alpha value is -3.44. The highest BCUT2D eigenvalue weighted by Gasteiger charge is 2.24. The van der Waals surface area contributed by atoms with Crippen LogP contribution in [-0.2, 0) is 6.61 Å². The summed E-state index contributed by atoms with van der Waals surface area (Å²) >= 11 is 1.51. The average molecular weight is 398 g/mol. The van der Waals surface area contributed by atoms with Crippen molar-refractivity contribution in [2.24, 2.45) is 0 Å². The van der Waals surface area contributed by atoms with Crippen molar-refractivity contribution in [2.75, 3.05) is 0 Å². The lowest BCUT2D eigenvalue weighted by Crippen LogP contribution is -2.29. The summed E-state index contributed by atoms with van der Waals surface area (Å²) in [5, 5.41) is 3.17. The highest BCUT2D eigenvalue weighted by Crippen LogP contribution is 2.42. The Morgan fingerprint density at radius 2 is 1.79 bits per heavy atom. The zero-order valence-corrected chi connectivity index (χ0v) is 16.4. The van der Waals surface area contributed by atoms with Crippen LogP contribution < -0.4 is 10.1 Å². The van der Waals surface area contributed by atoms with Gasteiger partial charge < -0.3 is 10.1 Å². The van der Waals surface area contributed by atoms with Crippen molar-refractivity contribution in [3.05, 3.63) is 107 Å². The number of rotatable bonds is 4. The van der Waals surface area contributed by atoms with Gasteiger partial charge in [0.1, 0.15) is 12.4 Å². The topological polar surface area (TPSA) is 51.2 Å². The number of carbonyl (C=O) groups is 1. The molecular formula is C24H18N2O2S. The SMILES string of the molecule is O=C(N[C@H](c1ccccc1)c1ccccn1)c1cc2c(s1)-c1ccccc1OC2. The third-order valence-electron chi connectivity index (χ3n) is 4.94. The summed E-state index contributed by atoms with van der Waals surface area (Å²) in [6.45, 7) is 0.485. The Kier molecular flexibility index (Phi) is 4.58. The lowest BCUT2D eigenvalue weighted by molar-refractivity contribution is 0.0946. The summed E-state index contributed by atoms with van der Waals surface area (Å²) in [4.78, 5) is 19.4. The fraction of sp³-hybridized carbons (Fsp3) is 0.0833. The van der Waals surface area contributed by atoms with E-state index in [-0.39, 0.29) is 11.9 Å². The number of fused-ring (bicyclic) bond motifs is 3. The number of nitrogens with one attached hydrogen (secondary N) is 1. The molecule has 0 saturated carbocycles. The van der Waals surface area contributed by atoms with Crippen LogP contribution in [0, 0.1) is 0 Å². The standard InChI is InChI=1S/C24H18N2O2S/c27-24(21-14-17-15-28-20-12-5-4-10-18(20)23(17)29-21)26-22(16-8-2-1-3-9-16)19-11-6-7-13-25-19/h1-14,22H,15H2,(H,26,27)/t22-/m1/s1. The second-order valence-electron chi connectivity index (χ2n) is 6.82. The zero-order valence-electron chi connectivity index (χ0n) is 15.5. The van der Waals surface area contributed by atoms with Crippen molar-refractivity contribution in [1.82, 2.24) is 10.3 Å². The molecule has 5 rings (SSSR count). The number of para-hydroxylation sites is 1. The normalized spacial score (nSPS) is 13.0. The number of ether oxygens (including phenoxy) is 1. The molecule has 0 saturated heterocycles. The first-order valence-corrected chi connectivity index (χ1v) is 10.2. The van der Waals surface area contributed by atoms with E-state index in [1.807, 2.05) is 78.9 Å². The van der Waals surface area contributed by atoms with Crippen molar-refractivity contribution < 1.29 is 9.53 Å². The zero-order chi connectivity index (χ0) is 19.6. The van der Waals surface area contributed by atoms with Crippen molar-refractivity contribution in [3.8, 4) is 16.2 Å². The highest BCUT2D eigenvalue weighted by molar-refractivity contribution is 7.17. The van der Waals surface area contributed by atoms with Crippen LogP contribution in [0.1, 0.15) is 32.5 Å². The van der Waals surface area contributed by atoms with Crippen molar-refractivity contribution in [3.63, 3.8) is 0 Å². The molecule has 0 radical (unpaired) electrons. The molecule has 1 aliphatic rings. The van der Waals surface area contributed by atoms with Gasteiger partial charge in [0.2, 0.25) is 0 Å². The van der Waals surface area contributed by atoms with E-state index < -0.39 is 0 Å². The van der Waals surface area contributed by atoms with Gasteiger partial charge in [-0.1, -0.05) is 48.5 Å². The van der Waals surface area contributed by atoms with Crippen LogP contribution in [0.3, 0.4) is 0 Å². The Labute approximate surface area is 172 Å². The van der Waals surface area contributed by atoms with Gasteiger partial charge in [0.15, 0.2) is 0 Å². The summed E-state index contributed by atoms with van der Waals surface area (Å²) < 4.78 is 5.83. The molecule has 0 unspecified atom stereocenters. The summed E-state index contributed by atoms with van der Waals surface area (Å²) in [5.41, 5.74) is 3.90. The second kappa shape index (κ2) is 7.53. The molecule has 0 aliphatic carbocycles. The molecule has 1 N–H and O–H groups in total. The summed E-state index contributed by atoms with van der Waals surface area (Å²) in [6.07, 6.45) is 1.75. The number of hydrogen-bond donors (Lipinski definition) is 1. The van der Waals surface area contributed by atoms with Gasteiger partial charge in [0.25, 0.3) is 5.91 Å². The summed E-state index contributed by atoms with van der Waals surface area (Å²) in [6, 6.07) is 25.2. The van der Waals surface area contributed by atoms with Crippen LogP contribution in [0.15, 0.2) is 85.1 Å². The molecule has 4 nitrogen and oxygen atoms in total. The smallest absolute Gasteiger partial charge is 0.262 e. The Bertz CT molecular complexity index is 1120. The predicted octanol–water partition coefficient (Wildman–Crippen LogP) is 5.22. The van der Waals surface area contributed by atoms with E-state index in [1.165, 1.54) is 11.3 Å². The Balaban J connectivity index is 1.47. The average Bonchev–Trinajstić information content (AvgIpc) is 3.24. The van der Waals surface area contributed by atoms with Gasteiger partial charge in [-0.15, -0.1) is 11.3 Å². The molecule has 4 aromatic rings. The minimum Gasteiger partial charge on any atom is -0.488 e. The van der Waals surface area contributed by atoms with E-state index in [4.69, 9.17) is 4.74 Å². The van der Waals surface area contributed by atoms with Gasteiger partial charge >= 0.3 is 0 Å². The maximum Gasteiger partial charge on any atom is 0.262 e. The molecular weight excluding hydrogens is 380 g/mol. The lowest BCUT2D eigenvalue weighted by Gasteiger charge is -2.18. The third-order valence-corrected chi connectivity index (χ3v) is 6.15. The molecule has 5 heteroatoms. The van der Waals surface area contributed by atoms with Gasteiger partial charge in [0.05, 0.1) is 16.6 Å². The predicted molar refractivity (Wildman–Crippen MR) is 114 cm³/mol. The number of thiophene rings is 1. The summed E-state index contributed by atoms with van der Waals surface area (Å²) in [5.74, 6) is 0.755.